The van der Waals surface area contributed by atoms with Crippen molar-refractivity contribution in [1.82, 2.24) is 0 Å². The molecule has 6 unspecified atom stereocenters. The topological polar surface area (TPSA) is 285 Å². The number of fused-ring (bicyclic) bond motifs is 1. The van der Waals surface area contributed by atoms with E-state index in [2.05, 4.69) is 24.1 Å². The zero-order chi connectivity index (χ0) is 41.8. The van der Waals surface area contributed by atoms with Crippen molar-refractivity contribution in [2.45, 2.75) is 163 Å². The van der Waals surface area contributed by atoms with E-state index in [0.717, 1.165) is 24.8 Å². The average Bonchev–Trinajstić information content (AvgIpc) is 3.73. The molecular weight excluding hydrogens is 754 g/mol. The summed E-state index contributed by atoms with van der Waals surface area (Å²) in [6, 6.07) is 0. The highest BCUT2D eigenvalue weighted by molar-refractivity contribution is 5.82. The fourth-order valence-corrected chi connectivity index (χ4v) is 10.6. The zero-order valence-corrected chi connectivity index (χ0v) is 33.4. The number of ether oxygens (including phenoxy) is 3. The summed E-state index contributed by atoms with van der Waals surface area (Å²) in [5.74, 6) is -3.25. The quantitative estimate of drug-likeness (QED) is 0.0281. The van der Waals surface area contributed by atoms with Gasteiger partial charge in [-0.05, 0) is 75.5 Å². The van der Waals surface area contributed by atoms with Gasteiger partial charge in [-0.1, -0.05) is 38.3 Å². The Morgan fingerprint density at radius 1 is 1.12 bits per heavy atom. The lowest BCUT2D eigenvalue weighted by atomic mass is 9.66. The number of nitrogens with zero attached hydrogens (tertiary/aromatic N) is 1. The molecule has 0 aromatic heterocycles. The summed E-state index contributed by atoms with van der Waals surface area (Å²) in [6.07, 6.45) is 4.51. The summed E-state index contributed by atoms with van der Waals surface area (Å²) >= 11 is 0. The Bertz CT molecular complexity index is 1510. The molecule has 3 heterocycles. The van der Waals surface area contributed by atoms with Crippen LogP contribution in [0, 0.1) is 42.1 Å². The standard InChI is InChI=1S/C42H63N3O13/c1-23(6-5-9-24-7-3-2-4-8-24)27(18-25-16-17-44-20-25)21-45-39(53)42(55)40(58-35(38(51)52)36(49)41(42,54)22-46)56-29-14-15-30-31(19-29)57-34(37(43)50)32(33(30)48)26-10-12-28(47)13-11-26/h5,9,16-17,20,22-24,26-36,39-40,45,47-49,54-55H,2-4,6-8,10-15,18-19,21H2,1H3,(H2,43,50)(H,51,52)/p+1/t23-,26?,27+,28?,29?,30?,31?,32?,33?,34?,35+,36-,39-,40-,41+,42-/m1/s1. The molecule has 14 atom stereocenters. The molecule has 0 bridgehead atoms. The van der Waals surface area contributed by atoms with Crippen molar-refractivity contribution in [2.75, 3.05) is 6.54 Å². The van der Waals surface area contributed by atoms with Gasteiger partial charge in [-0.15, -0.1) is 4.99 Å². The molecule has 10 N–H and O–H groups in total. The second-order valence-electron chi connectivity index (χ2n) is 17.9. The minimum absolute atomic E-state index is 0.0461. The highest BCUT2D eigenvalue weighted by Gasteiger charge is 2.69. The third kappa shape index (κ3) is 9.41. The van der Waals surface area contributed by atoms with Crippen LogP contribution in [0.2, 0.25) is 0 Å². The van der Waals surface area contributed by atoms with Crippen LogP contribution >= 0.6 is 0 Å². The molecule has 2 saturated heterocycles. The molecule has 0 spiro atoms. The number of aliphatic carboxylic acids is 1. The molecule has 0 aromatic rings. The van der Waals surface area contributed by atoms with Gasteiger partial charge in [-0.25, -0.2) is 0 Å². The van der Waals surface area contributed by atoms with E-state index in [0.29, 0.717) is 44.4 Å². The maximum atomic E-state index is 14.4. The number of nitrogens with two attached hydrogens (primary N) is 2. The van der Waals surface area contributed by atoms with Gasteiger partial charge in [-0.3, -0.25) is 9.59 Å². The molecule has 16 heteroatoms. The van der Waals surface area contributed by atoms with Gasteiger partial charge >= 0.3 is 0 Å². The van der Waals surface area contributed by atoms with Crippen molar-refractivity contribution >= 4 is 24.4 Å². The minimum Gasteiger partial charge on any atom is -0.804 e. The molecule has 6 aliphatic rings. The Morgan fingerprint density at radius 3 is 2.48 bits per heavy atom. The molecular formula is C42H64N3O13+. The summed E-state index contributed by atoms with van der Waals surface area (Å²) in [5.41, 5.74) is 0.188. The van der Waals surface area contributed by atoms with Crippen LogP contribution in [0.25, 0.3) is 0 Å². The summed E-state index contributed by atoms with van der Waals surface area (Å²) in [6.45, 7) is 3.85. The summed E-state index contributed by atoms with van der Waals surface area (Å²) < 4.78 is 16.5. The summed E-state index contributed by atoms with van der Waals surface area (Å²) in [5, 5.41) is 84.5. The molecule has 16 nitrogen and oxygen atoms in total. The third-order valence-corrected chi connectivity index (χ3v) is 14.3. The number of carbonyl (C=O) groups is 3. The van der Waals surface area contributed by atoms with E-state index in [1.54, 1.807) is 12.8 Å². The van der Waals surface area contributed by atoms with Crippen molar-refractivity contribution in [3.63, 3.8) is 0 Å². The van der Waals surface area contributed by atoms with Crippen LogP contribution in [0.1, 0.15) is 96.8 Å². The lowest BCUT2D eigenvalue weighted by Gasteiger charge is -2.57. The number of aliphatic imine (C=N–C) groups is 1. The maximum Gasteiger partial charge on any atom is 0.297 e. The minimum atomic E-state index is -3.36. The highest BCUT2D eigenvalue weighted by Crippen LogP contribution is 2.46. The number of carboxylic acids is 1. The SMILES string of the molecule is C[C@H](CC=CC1CCCCC1)[C@H](C[NH2+][C@H]([O-])[C@@]1(O)[C@H](OC2CCC3C(C2)[OH+]C(C(N)=O)C(C2CCC(O)CC2)C3O)O[C@H](C(=O)[O-])[C@@H](O)[C@@]1(O)C=O)CC1=C[CH+]N=C1. The van der Waals surface area contributed by atoms with Gasteiger partial charge in [0.25, 0.3) is 5.91 Å². The first-order valence-electron chi connectivity index (χ1n) is 21.4. The van der Waals surface area contributed by atoms with Gasteiger partial charge in [-0.2, -0.15) is 0 Å². The molecule has 1 amide bonds. The summed E-state index contributed by atoms with van der Waals surface area (Å²) in [4.78, 5) is 41.7. The number of aliphatic hydroxyl groups is 7. The molecule has 6 rings (SSSR count). The van der Waals surface area contributed by atoms with Crippen molar-refractivity contribution in [3.05, 3.63) is 30.3 Å². The zero-order valence-electron chi connectivity index (χ0n) is 33.4. The van der Waals surface area contributed by atoms with Crippen molar-refractivity contribution in [1.29, 1.82) is 0 Å². The molecule has 0 aromatic carbocycles. The van der Waals surface area contributed by atoms with E-state index < -0.39 is 90.2 Å². The molecule has 0 radical (unpaired) electrons. The monoisotopic (exact) mass is 818 g/mol. The number of carboxylic acid groups (broad SMARTS) is 1. The number of allylic oxidation sites excluding steroid dienone is 3. The van der Waals surface area contributed by atoms with Crippen LogP contribution in [-0.2, 0) is 23.9 Å². The largest absolute Gasteiger partial charge is 0.804 e. The highest BCUT2D eigenvalue weighted by atomic mass is 16.7. The van der Waals surface area contributed by atoms with Crippen LogP contribution in [0.4, 0.5) is 0 Å². The van der Waals surface area contributed by atoms with Crippen LogP contribution < -0.4 is 21.3 Å². The number of quaternary nitrogens is 1. The third-order valence-electron chi connectivity index (χ3n) is 14.3. The Morgan fingerprint density at radius 2 is 1.84 bits per heavy atom. The second kappa shape index (κ2) is 19.3. The van der Waals surface area contributed by atoms with Crippen LogP contribution in [-0.4, -0.2) is 128 Å². The Kier molecular flexibility index (Phi) is 14.9. The van der Waals surface area contributed by atoms with Gasteiger partial charge in [0.05, 0.1) is 55.0 Å². The summed E-state index contributed by atoms with van der Waals surface area (Å²) in [7, 11) is 0. The fraction of sp³-hybridized carbons (Fsp3) is 0.786. The van der Waals surface area contributed by atoms with Crippen LogP contribution in [0.15, 0.2) is 28.8 Å². The van der Waals surface area contributed by atoms with Gasteiger partial charge in [0, 0.05) is 18.8 Å². The molecule has 5 fully saturated rings. The first-order chi connectivity index (χ1) is 27.7. The molecule has 324 valence electrons. The van der Waals surface area contributed by atoms with E-state index >= 15 is 0 Å². The number of amides is 1. The number of aliphatic hydroxyl groups excluding tert-OH is 3. The van der Waals surface area contributed by atoms with Gasteiger partial charge < -0.3 is 65.8 Å². The second-order valence-corrected chi connectivity index (χ2v) is 17.9. The number of rotatable bonds is 16. The van der Waals surface area contributed by atoms with Gasteiger partial charge in [0.15, 0.2) is 36.1 Å². The normalized spacial score (nSPS) is 41.2. The Hall–Kier alpha value is -2.77. The number of primary amides is 1. The van der Waals surface area contributed by atoms with E-state index in [1.807, 2.05) is 6.08 Å². The fourth-order valence-electron chi connectivity index (χ4n) is 10.6. The molecule has 58 heavy (non-hydrogen) atoms. The van der Waals surface area contributed by atoms with Crippen LogP contribution in [0.5, 0.6) is 0 Å². The molecule has 3 saturated carbocycles. The average molecular weight is 819 g/mol. The number of hydrogen-bond donors (Lipinski definition) is 7. The molecule has 3 aliphatic carbocycles. The van der Waals surface area contributed by atoms with E-state index in [9.17, 15) is 50.1 Å². The van der Waals surface area contributed by atoms with Crippen LogP contribution in [0.3, 0.4) is 0 Å². The Balaban J connectivity index is 1.19. The number of aldehydes is 1. The number of carbonyl (C=O) groups excluding carboxylic acids is 3. The molecule has 3 aliphatic heterocycles. The maximum absolute atomic E-state index is 14.4. The van der Waals surface area contributed by atoms with Crippen molar-refractivity contribution in [2.24, 2.45) is 46.2 Å². The van der Waals surface area contributed by atoms with Gasteiger partial charge in [0.2, 0.25) is 6.10 Å². The van der Waals surface area contributed by atoms with E-state index in [-0.39, 0.29) is 43.4 Å². The lowest BCUT2D eigenvalue weighted by Crippen LogP contribution is -3.03. The lowest BCUT2D eigenvalue weighted by molar-refractivity contribution is -0.838. The van der Waals surface area contributed by atoms with Crippen molar-refractivity contribution < 1.29 is 69.7 Å². The number of hydrogen-bond acceptors (Lipinski definition) is 13. The first kappa shape index (κ1) is 44.8. The predicted molar refractivity (Wildman–Crippen MR) is 203 cm³/mol. The predicted octanol–water partition coefficient (Wildman–Crippen LogP) is -2.45. The Labute approximate surface area is 339 Å². The van der Waals surface area contributed by atoms with Gasteiger partial charge in [0.1, 0.15) is 24.3 Å². The smallest absolute Gasteiger partial charge is 0.297 e. The van der Waals surface area contributed by atoms with Crippen molar-refractivity contribution in [3.8, 4) is 0 Å². The van der Waals surface area contributed by atoms with E-state index in [4.69, 9.17) is 19.9 Å². The van der Waals surface area contributed by atoms with E-state index in [1.165, 1.54) is 24.6 Å². The first-order valence-corrected chi connectivity index (χ1v) is 21.4.